The van der Waals surface area contributed by atoms with E-state index in [2.05, 4.69) is 26.1 Å². The van der Waals surface area contributed by atoms with E-state index in [9.17, 15) is 14.4 Å². The molecule has 0 aliphatic rings. The molecule has 0 saturated heterocycles. The fourth-order valence-corrected chi connectivity index (χ4v) is 5.20. The summed E-state index contributed by atoms with van der Waals surface area (Å²) in [4.78, 5) is 39.9. The zero-order valence-electron chi connectivity index (χ0n) is 19.9. The Labute approximate surface area is 226 Å². The van der Waals surface area contributed by atoms with Crippen LogP contribution < -0.4 is 16.0 Å². The van der Waals surface area contributed by atoms with Crippen molar-refractivity contribution in [1.29, 1.82) is 0 Å². The van der Waals surface area contributed by atoms with Gasteiger partial charge >= 0.3 is 0 Å². The van der Waals surface area contributed by atoms with Crippen LogP contribution in [0.15, 0.2) is 82.7 Å². The second-order valence-corrected chi connectivity index (χ2v) is 11.3. The minimum Gasteiger partial charge on any atom is -0.321 e. The van der Waals surface area contributed by atoms with E-state index in [0.29, 0.717) is 16.4 Å². The van der Waals surface area contributed by atoms with Crippen molar-refractivity contribution in [1.82, 2.24) is 15.5 Å². The molecular formula is C26H23N5O3S3. The maximum atomic E-state index is 13.1. The average molecular weight is 550 g/mol. The maximum Gasteiger partial charge on any atom is 0.272 e. The molecule has 0 fully saturated rings. The first-order chi connectivity index (χ1) is 17.9. The molecule has 8 nitrogen and oxygen atoms in total. The molecular weight excluding hydrogens is 527 g/mol. The van der Waals surface area contributed by atoms with Crippen LogP contribution in [0.25, 0.3) is 6.08 Å². The third-order valence-electron chi connectivity index (χ3n) is 4.91. The van der Waals surface area contributed by atoms with E-state index in [1.807, 2.05) is 42.6 Å². The van der Waals surface area contributed by atoms with Crippen molar-refractivity contribution in [3.63, 3.8) is 0 Å². The van der Waals surface area contributed by atoms with Crippen LogP contribution in [0, 0.1) is 6.92 Å². The SMILES string of the molecule is Cc1nnc(NC(=O)C(C)Sc2ccc(NC(=O)/C(=C/c3cccs3)NC(=O)c3ccccc3)cc2)s1. The normalized spacial score (nSPS) is 12.0. The standard InChI is InChI=1S/C26H23N5O3S3/c1-16(23(32)29-26-31-30-17(2)37-26)36-20-12-10-19(11-13-20)27-25(34)22(15-21-9-6-14-35-21)28-24(33)18-7-4-3-5-8-18/h3-16H,1-2H3,(H,27,34)(H,28,33)(H,29,31,32)/b22-15-. The molecule has 11 heteroatoms. The van der Waals surface area contributed by atoms with Gasteiger partial charge < -0.3 is 10.6 Å². The van der Waals surface area contributed by atoms with Gasteiger partial charge in [0.1, 0.15) is 10.7 Å². The molecule has 0 spiro atoms. The number of nitrogens with one attached hydrogen (secondary N) is 3. The molecule has 4 rings (SSSR count). The van der Waals surface area contributed by atoms with Crippen molar-refractivity contribution in [3.8, 4) is 0 Å². The van der Waals surface area contributed by atoms with Crippen LogP contribution in [0.4, 0.5) is 10.8 Å². The summed E-state index contributed by atoms with van der Waals surface area (Å²) < 4.78 is 0. The van der Waals surface area contributed by atoms with Gasteiger partial charge in [-0.05, 0) is 67.8 Å². The lowest BCUT2D eigenvalue weighted by atomic mass is 10.2. The molecule has 4 aromatic rings. The second kappa shape index (κ2) is 12.4. The third-order valence-corrected chi connectivity index (χ3v) is 7.59. The van der Waals surface area contributed by atoms with E-state index in [-0.39, 0.29) is 22.8 Å². The number of thioether (sulfide) groups is 1. The number of anilines is 2. The number of carbonyl (C=O) groups is 3. The first-order valence-corrected chi connectivity index (χ1v) is 13.8. The van der Waals surface area contributed by atoms with Gasteiger partial charge in [0, 0.05) is 21.0 Å². The highest BCUT2D eigenvalue weighted by atomic mass is 32.2. The van der Waals surface area contributed by atoms with Gasteiger partial charge in [-0.3, -0.25) is 19.7 Å². The largest absolute Gasteiger partial charge is 0.321 e. The number of aromatic nitrogens is 2. The van der Waals surface area contributed by atoms with Crippen molar-refractivity contribution in [2.24, 2.45) is 0 Å². The lowest BCUT2D eigenvalue weighted by molar-refractivity contribution is -0.115. The quantitative estimate of drug-likeness (QED) is 0.189. The molecule has 1 unspecified atom stereocenters. The molecule has 2 aromatic carbocycles. The number of thiophene rings is 1. The minimum absolute atomic E-state index is 0.131. The van der Waals surface area contributed by atoms with E-state index in [1.165, 1.54) is 34.4 Å². The van der Waals surface area contributed by atoms with Gasteiger partial charge in [-0.2, -0.15) is 0 Å². The summed E-state index contributed by atoms with van der Waals surface area (Å²) in [6, 6.07) is 19.6. The van der Waals surface area contributed by atoms with Gasteiger partial charge in [-0.25, -0.2) is 0 Å². The highest BCUT2D eigenvalue weighted by Gasteiger charge is 2.18. The Kier molecular flexibility index (Phi) is 8.83. The Bertz CT molecular complexity index is 1400. The highest BCUT2D eigenvalue weighted by Crippen LogP contribution is 2.26. The Morgan fingerprint density at radius 2 is 1.70 bits per heavy atom. The van der Waals surface area contributed by atoms with Crippen LogP contribution in [0.1, 0.15) is 27.2 Å². The molecule has 0 radical (unpaired) electrons. The molecule has 2 aromatic heterocycles. The maximum absolute atomic E-state index is 13.1. The fourth-order valence-electron chi connectivity index (χ4n) is 3.09. The van der Waals surface area contributed by atoms with Crippen LogP contribution in [-0.2, 0) is 9.59 Å². The summed E-state index contributed by atoms with van der Waals surface area (Å²) in [7, 11) is 0. The number of rotatable bonds is 9. The van der Waals surface area contributed by atoms with Gasteiger partial charge in [0.2, 0.25) is 11.0 Å². The Morgan fingerprint density at radius 1 is 0.946 bits per heavy atom. The Balaban J connectivity index is 1.39. The van der Waals surface area contributed by atoms with Crippen molar-refractivity contribution < 1.29 is 14.4 Å². The highest BCUT2D eigenvalue weighted by molar-refractivity contribution is 8.00. The summed E-state index contributed by atoms with van der Waals surface area (Å²) >= 11 is 4.16. The number of hydrogen-bond acceptors (Lipinski definition) is 8. The molecule has 3 N–H and O–H groups in total. The molecule has 37 heavy (non-hydrogen) atoms. The van der Waals surface area contributed by atoms with E-state index < -0.39 is 5.91 Å². The molecule has 0 aliphatic heterocycles. The zero-order valence-corrected chi connectivity index (χ0v) is 22.4. The van der Waals surface area contributed by atoms with Gasteiger partial charge in [-0.1, -0.05) is 35.6 Å². The Morgan fingerprint density at radius 3 is 2.35 bits per heavy atom. The first-order valence-electron chi connectivity index (χ1n) is 11.2. The van der Waals surface area contributed by atoms with Crippen LogP contribution >= 0.6 is 34.4 Å². The summed E-state index contributed by atoms with van der Waals surface area (Å²) in [5.74, 6) is -0.990. The molecule has 0 saturated carbocycles. The lowest BCUT2D eigenvalue weighted by Gasteiger charge is -2.13. The summed E-state index contributed by atoms with van der Waals surface area (Å²) in [5, 5.41) is 18.9. The van der Waals surface area contributed by atoms with E-state index in [0.717, 1.165) is 14.8 Å². The second-order valence-electron chi connectivity index (χ2n) is 7.75. The van der Waals surface area contributed by atoms with Gasteiger partial charge in [-0.15, -0.1) is 33.3 Å². The third kappa shape index (κ3) is 7.59. The Hall–Kier alpha value is -3.80. The summed E-state index contributed by atoms with van der Waals surface area (Å²) in [6.07, 6.45) is 1.64. The number of nitrogens with zero attached hydrogens (tertiary/aromatic N) is 2. The van der Waals surface area contributed by atoms with Crippen molar-refractivity contribution in [3.05, 3.63) is 93.3 Å². The molecule has 0 aliphatic carbocycles. The molecule has 3 amide bonds. The van der Waals surface area contributed by atoms with E-state index in [1.54, 1.807) is 49.4 Å². The predicted molar refractivity (Wildman–Crippen MR) is 150 cm³/mol. The van der Waals surface area contributed by atoms with Crippen molar-refractivity contribution in [2.45, 2.75) is 24.0 Å². The van der Waals surface area contributed by atoms with E-state index in [4.69, 9.17) is 0 Å². The smallest absolute Gasteiger partial charge is 0.272 e. The first kappa shape index (κ1) is 26.3. The topological polar surface area (TPSA) is 113 Å². The van der Waals surface area contributed by atoms with E-state index >= 15 is 0 Å². The molecule has 188 valence electrons. The molecule has 2 heterocycles. The molecule has 0 bridgehead atoms. The van der Waals surface area contributed by atoms with Gasteiger partial charge in [0.25, 0.3) is 11.8 Å². The fraction of sp³-hybridized carbons (Fsp3) is 0.115. The van der Waals surface area contributed by atoms with Crippen LogP contribution in [0.3, 0.4) is 0 Å². The zero-order chi connectivity index (χ0) is 26.2. The predicted octanol–water partition coefficient (Wildman–Crippen LogP) is 5.44. The van der Waals surface area contributed by atoms with Crippen LogP contribution in [0.2, 0.25) is 0 Å². The van der Waals surface area contributed by atoms with Gasteiger partial charge in [0.15, 0.2) is 0 Å². The number of aryl methyl sites for hydroxylation is 1. The van der Waals surface area contributed by atoms with Crippen molar-refractivity contribution >= 4 is 69.1 Å². The molecule has 1 atom stereocenters. The number of hydrogen-bond donors (Lipinski definition) is 3. The van der Waals surface area contributed by atoms with Gasteiger partial charge in [0.05, 0.1) is 5.25 Å². The monoisotopic (exact) mass is 549 g/mol. The van der Waals surface area contributed by atoms with Crippen LogP contribution in [0.5, 0.6) is 0 Å². The van der Waals surface area contributed by atoms with Crippen LogP contribution in [-0.4, -0.2) is 33.2 Å². The lowest BCUT2D eigenvalue weighted by Crippen LogP contribution is -2.30. The van der Waals surface area contributed by atoms with Crippen molar-refractivity contribution in [2.75, 3.05) is 10.6 Å². The number of amides is 3. The summed E-state index contributed by atoms with van der Waals surface area (Å²) in [6.45, 7) is 3.63. The summed E-state index contributed by atoms with van der Waals surface area (Å²) in [5.41, 5.74) is 1.14. The number of benzene rings is 2. The average Bonchev–Trinajstić information content (AvgIpc) is 3.56. The minimum atomic E-state index is -0.446. The number of carbonyl (C=O) groups excluding carboxylic acids is 3.